The Kier molecular flexibility index (Phi) is 7.31. The van der Waals surface area contributed by atoms with Gasteiger partial charge >= 0.3 is 0 Å². The van der Waals surface area contributed by atoms with E-state index in [0.717, 1.165) is 11.1 Å². The summed E-state index contributed by atoms with van der Waals surface area (Å²) in [5.74, 6) is -0.394. The number of carbonyl (C=O) groups excluding carboxylic acids is 2. The van der Waals surface area contributed by atoms with Crippen LogP contribution in [0.5, 0.6) is 0 Å². The minimum absolute atomic E-state index is 0.0475. The second kappa shape index (κ2) is 11.0. The van der Waals surface area contributed by atoms with Crippen LogP contribution in [0.2, 0.25) is 0 Å². The molecular formula is C30H30FN5O2. The second-order valence-electron chi connectivity index (χ2n) is 9.87. The zero-order valence-electron chi connectivity index (χ0n) is 21.4. The summed E-state index contributed by atoms with van der Waals surface area (Å²) < 4.78 is 16.2. The van der Waals surface area contributed by atoms with Crippen molar-refractivity contribution < 1.29 is 14.0 Å². The number of nitrogens with one attached hydrogen (secondary N) is 1. The molecule has 0 radical (unpaired) electrons. The van der Waals surface area contributed by atoms with Crippen LogP contribution in [-0.4, -0.2) is 50.2 Å². The number of carbonyl (C=O) groups is 2. The lowest BCUT2D eigenvalue weighted by Gasteiger charge is -2.27. The maximum Gasteiger partial charge on any atom is 0.254 e. The minimum atomic E-state index is -1.28. The maximum absolute atomic E-state index is 14.7. The van der Waals surface area contributed by atoms with Gasteiger partial charge in [-0.05, 0) is 40.8 Å². The summed E-state index contributed by atoms with van der Waals surface area (Å²) in [5.41, 5.74) is 4.04. The average molecular weight is 512 g/mol. The molecule has 1 aliphatic rings. The molecule has 3 aromatic carbocycles. The van der Waals surface area contributed by atoms with E-state index in [0.29, 0.717) is 17.2 Å². The zero-order valence-corrected chi connectivity index (χ0v) is 21.4. The molecular weight excluding hydrogens is 481 g/mol. The van der Waals surface area contributed by atoms with E-state index in [2.05, 4.69) is 41.4 Å². The lowest BCUT2D eigenvalue weighted by molar-refractivity contribution is -0.125. The smallest absolute Gasteiger partial charge is 0.254 e. The summed E-state index contributed by atoms with van der Waals surface area (Å²) in [5, 5.41) is 7.21. The van der Waals surface area contributed by atoms with E-state index in [1.165, 1.54) is 27.8 Å². The number of rotatable bonds is 7. The van der Waals surface area contributed by atoms with Crippen molar-refractivity contribution in [1.82, 2.24) is 25.0 Å². The van der Waals surface area contributed by atoms with Crippen molar-refractivity contribution in [1.29, 1.82) is 0 Å². The number of nitrogens with zero attached hydrogens (tertiary/aromatic N) is 4. The summed E-state index contributed by atoms with van der Waals surface area (Å²) in [4.78, 5) is 32.4. The Labute approximate surface area is 221 Å². The van der Waals surface area contributed by atoms with Gasteiger partial charge in [0.2, 0.25) is 5.91 Å². The Bertz CT molecular complexity index is 1390. The van der Waals surface area contributed by atoms with Gasteiger partial charge in [0.25, 0.3) is 5.91 Å². The van der Waals surface area contributed by atoms with Crippen molar-refractivity contribution in [3.63, 3.8) is 0 Å². The molecule has 7 nitrogen and oxygen atoms in total. The quantitative estimate of drug-likeness (QED) is 0.385. The Balaban J connectivity index is 1.40. The van der Waals surface area contributed by atoms with Gasteiger partial charge in [-0.1, -0.05) is 74.5 Å². The molecule has 38 heavy (non-hydrogen) atoms. The van der Waals surface area contributed by atoms with Gasteiger partial charge in [0.1, 0.15) is 24.9 Å². The molecule has 1 saturated heterocycles. The normalized spacial score (nSPS) is 17.9. The molecule has 1 aliphatic heterocycles. The summed E-state index contributed by atoms with van der Waals surface area (Å²) >= 11 is 0. The van der Waals surface area contributed by atoms with E-state index in [-0.39, 0.29) is 18.9 Å². The third-order valence-electron chi connectivity index (χ3n) is 6.95. The number of alkyl halides is 1. The second-order valence-corrected chi connectivity index (χ2v) is 9.87. The number of aromatic nitrogens is 3. The van der Waals surface area contributed by atoms with Crippen LogP contribution < -0.4 is 5.32 Å². The highest BCUT2D eigenvalue weighted by Gasteiger charge is 2.41. The van der Waals surface area contributed by atoms with Crippen molar-refractivity contribution in [2.24, 2.45) is 0 Å². The molecule has 8 heteroatoms. The molecule has 194 valence electrons. The molecule has 4 aromatic rings. The Morgan fingerprint density at radius 3 is 2.34 bits per heavy atom. The van der Waals surface area contributed by atoms with Crippen LogP contribution in [0.25, 0.3) is 5.69 Å². The number of benzene rings is 3. The molecule has 1 aromatic heterocycles. The van der Waals surface area contributed by atoms with Gasteiger partial charge in [-0.3, -0.25) is 9.59 Å². The third-order valence-corrected chi connectivity index (χ3v) is 6.95. The van der Waals surface area contributed by atoms with Crippen molar-refractivity contribution >= 4 is 11.8 Å². The van der Waals surface area contributed by atoms with Crippen LogP contribution in [0.4, 0.5) is 4.39 Å². The van der Waals surface area contributed by atoms with Gasteiger partial charge in [-0.25, -0.2) is 14.1 Å². The molecule has 1 fully saturated rings. The van der Waals surface area contributed by atoms with E-state index in [4.69, 9.17) is 0 Å². The fraction of sp³-hybridized carbons (Fsp3) is 0.267. The first-order valence-corrected chi connectivity index (χ1v) is 12.8. The van der Waals surface area contributed by atoms with Crippen molar-refractivity contribution in [2.45, 2.75) is 44.4 Å². The highest BCUT2D eigenvalue weighted by atomic mass is 19.1. The molecule has 3 atom stereocenters. The largest absolute Gasteiger partial charge is 0.343 e. The molecule has 0 spiro atoms. The fourth-order valence-electron chi connectivity index (χ4n) is 4.86. The summed E-state index contributed by atoms with van der Waals surface area (Å²) in [6.07, 6.45) is 1.61. The highest BCUT2D eigenvalue weighted by molar-refractivity contribution is 5.98. The van der Waals surface area contributed by atoms with Gasteiger partial charge in [0.15, 0.2) is 0 Å². The van der Waals surface area contributed by atoms with Crippen molar-refractivity contribution in [2.75, 3.05) is 6.54 Å². The minimum Gasteiger partial charge on any atom is -0.343 e. The first-order valence-electron chi connectivity index (χ1n) is 12.8. The molecule has 0 unspecified atom stereocenters. The van der Waals surface area contributed by atoms with Crippen LogP contribution in [0.1, 0.15) is 59.3 Å². The molecule has 0 aliphatic carbocycles. The van der Waals surface area contributed by atoms with Gasteiger partial charge in [0.05, 0.1) is 18.3 Å². The predicted octanol–water partition coefficient (Wildman–Crippen LogP) is 4.85. The number of hydrogen-bond acceptors (Lipinski definition) is 4. The first-order chi connectivity index (χ1) is 18.4. The maximum atomic E-state index is 14.7. The van der Waals surface area contributed by atoms with Crippen LogP contribution >= 0.6 is 0 Å². The Morgan fingerprint density at radius 1 is 0.947 bits per heavy atom. The average Bonchev–Trinajstić information content (AvgIpc) is 3.62. The van der Waals surface area contributed by atoms with E-state index < -0.39 is 24.2 Å². The van der Waals surface area contributed by atoms with Gasteiger partial charge in [0, 0.05) is 12.0 Å². The van der Waals surface area contributed by atoms with E-state index in [1.807, 2.05) is 42.5 Å². The van der Waals surface area contributed by atoms with Gasteiger partial charge in [-0.15, -0.1) is 0 Å². The standard InChI is InChI=1S/C30H30FN5O2/c1-20(2)21-11-13-23(14-12-21)28(22-7-4-3-5-8-22)34-29(37)27-16-25(31)17-35(27)30(38)24-9-6-10-26(15-24)36-19-32-18-33-36/h3-15,18-20,25,27-28H,16-17H2,1-2H3,(H,34,37)/t25-,27+,28+/m1/s1. The zero-order chi connectivity index (χ0) is 26.6. The highest BCUT2D eigenvalue weighted by Crippen LogP contribution is 2.28. The number of hydrogen-bond donors (Lipinski definition) is 1. The molecule has 0 bridgehead atoms. The summed E-state index contributed by atoms with van der Waals surface area (Å²) in [7, 11) is 0. The van der Waals surface area contributed by atoms with Crippen LogP contribution in [-0.2, 0) is 4.79 Å². The monoisotopic (exact) mass is 511 g/mol. The molecule has 5 rings (SSSR count). The van der Waals surface area contributed by atoms with Crippen molar-refractivity contribution in [3.05, 3.63) is 114 Å². The molecule has 0 saturated carbocycles. The van der Waals surface area contributed by atoms with E-state index in [9.17, 15) is 14.0 Å². The predicted molar refractivity (Wildman–Crippen MR) is 143 cm³/mol. The molecule has 2 heterocycles. The van der Waals surface area contributed by atoms with Crippen LogP contribution in [0.3, 0.4) is 0 Å². The fourth-order valence-corrected chi connectivity index (χ4v) is 4.86. The Hall–Kier alpha value is -4.33. The van der Waals surface area contributed by atoms with Gasteiger partial charge in [-0.2, -0.15) is 5.10 Å². The van der Waals surface area contributed by atoms with Crippen LogP contribution in [0.15, 0.2) is 91.5 Å². The van der Waals surface area contributed by atoms with E-state index in [1.54, 1.807) is 24.3 Å². The van der Waals surface area contributed by atoms with Gasteiger partial charge < -0.3 is 10.2 Å². The number of amides is 2. The molecule has 2 amide bonds. The van der Waals surface area contributed by atoms with Crippen molar-refractivity contribution in [3.8, 4) is 5.69 Å². The number of halogens is 1. The number of likely N-dealkylation sites (tertiary alicyclic amines) is 1. The SMILES string of the molecule is CC(C)c1ccc([C@@H](NC(=O)[C@@H]2C[C@@H](F)CN2C(=O)c2cccc(-n3cncn3)c2)c2ccccc2)cc1. The topological polar surface area (TPSA) is 80.1 Å². The summed E-state index contributed by atoms with van der Waals surface area (Å²) in [6, 6.07) is 23.3. The Morgan fingerprint density at radius 2 is 1.66 bits per heavy atom. The lowest BCUT2D eigenvalue weighted by Crippen LogP contribution is -2.47. The van der Waals surface area contributed by atoms with E-state index >= 15 is 0 Å². The van der Waals surface area contributed by atoms with Crippen LogP contribution in [0, 0.1) is 0 Å². The lowest BCUT2D eigenvalue weighted by atomic mass is 9.95. The first kappa shape index (κ1) is 25.3. The molecule has 1 N–H and O–H groups in total. The third kappa shape index (κ3) is 5.34. The summed E-state index contributed by atoms with van der Waals surface area (Å²) in [6.45, 7) is 4.13.